The molecule has 0 amide bonds. The Morgan fingerprint density at radius 3 is 2.14 bits per heavy atom. The van der Waals surface area contributed by atoms with E-state index in [0.29, 0.717) is 6.07 Å². The lowest BCUT2D eigenvalue weighted by atomic mass is 9.99. The minimum Gasteiger partial charge on any atom is -0.466 e. The minimum atomic E-state index is -5.25. The summed E-state index contributed by atoms with van der Waals surface area (Å²) in [6, 6.07) is 0.949. The maximum Gasteiger partial charge on any atom is 0.418 e. The average molecular weight is 315 g/mol. The topological polar surface area (TPSA) is 52.3 Å². The molecule has 0 aromatic heterocycles. The van der Waals surface area contributed by atoms with Crippen LogP contribution >= 0.6 is 0 Å². The van der Waals surface area contributed by atoms with E-state index < -0.39 is 41.6 Å². The van der Waals surface area contributed by atoms with Crippen LogP contribution in [-0.4, -0.2) is 12.6 Å². The molecule has 0 saturated heterocycles. The monoisotopic (exact) mass is 315 g/mol. The molecule has 1 aromatic carbocycles. The van der Waals surface area contributed by atoms with Gasteiger partial charge in [-0.3, -0.25) is 4.79 Å². The zero-order valence-electron chi connectivity index (χ0n) is 10.7. The third kappa shape index (κ3) is 4.27. The van der Waals surface area contributed by atoms with E-state index in [9.17, 15) is 31.1 Å². The summed E-state index contributed by atoms with van der Waals surface area (Å²) in [6.07, 6.45) is -11.1. The number of ether oxygens (including phenoxy) is 1. The fourth-order valence-electron chi connectivity index (χ4n) is 1.75. The molecule has 1 aromatic rings. The molecule has 0 aliphatic rings. The maximum absolute atomic E-state index is 12.8. The Kier molecular flexibility index (Phi) is 4.75. The molecule has 0 spiro atoms. The third-order valence-electron chi connectivity index (χ3n) is 2.47. The van der Waals surface area contributed by atoms with E-state index in [2.05, 4.69) is 4.74 Å². The molecule has 2 N–H and O–H groups in total. The molecule has 9 heteroatoms. The first-order chi connectivity index (χ1) is 9.46. The van der Waals surface area contributed by atoms with Crippen molar-refractivity contribution in [1.29, 1.82) is 0 Å². The van der Waals surface area contributed by atoms with Gasteiger partial charge in [0, 0.05) is 5.69 Å². The van der Waals surface area contributed by atoms with Gasteiger partial charge >= 0.3 is 18.3 Å². The van der Waals surface area contributed by atoms with Crippen molar-refractivity contribution in [3.05, 3.63) is 28.8 Å². The summed E-state index contributed by atoms with van der Waals surface area (Å²) in [5, 5.41) is 0. The van der Waals surface area contributed by atoms with E-state index in [1.165, 1.54) is 6.92 Å². The first-order valence-corrected chi connectivity index (χ1v) is 5.69. The van der Waals surface area contributed by atoms with Crippen molar-refractivity contribution in [2.24, 2.45) is 0 Å². The second-order valence-electron chi connectivity index (χ2n) is 4.08. The number of halogens is 6. The minimum absolute atomic E-state index is 0.00107. The van der Waals surface area contributed by atoms with Crippen molar-refractivity contribution in [2.45, 2.75) is 25.7 Å². The van der Waals surface area contributed by atoms with Gasteiger partial charge in [0.15, 0.2) is 0 Å². The number of carbonyl (C=O) groups is 1. The summed E-state index contributed by atoms with van der Waals surface area (Å²) in [6.45, 7) is 1.49. The number of rotatable bonds is 3. The van der Waals surface area contributed by atoms with Crippen molar-refractivity contribution < 1.29 is 35.9 Å². The number of benzene rings is 1. The average Bonchev–Trinajstić information content (AvgIpc) is 2.24. The summed E-state index contributed by atoms with van der Waals surface area (Å²) in [5.41, 5.74) is -0.181. The molecule has 0 aliphatic carbocycles. The van der Waals surface area contributed by atoms with Gasteiger partial charge in [-0.25, -0.2) is 0 Å². The van der Waals surface area contributed by atoms with Crippen LogP contribution in [0.15, 0.2) is 12.1 Å². The van der Waals surface area contributed by atoms with Gasteiger partial charge in [-0.1, -0.05) is 0 Å². The number of nitrogens with two attached hydrogens (primary N) is 1. The van der Waals surface area contributed by atoms with Crippen LogP contribution in [0.4, 0.5) is 32.0 Å². The van der Waals surface area contributed by atoms with E-state index in [1.54, 1.807) is 0 Å². The Morgan fingerprint density at radius 1 is 1.14 bits per heavy atom. The van der Waals surface area contributed by atoms with Crippen LogP contribution in [0, 0.1) is 0 Å². The normalized spacial score (nSPS) is 12.3. The van der Waals surface area contributed by atoms with Crippen molar-refractivity contribution in [2.75, 3.05) is 12.3 Å². The summed E-state index contributed by atoms with van der Waals surface area (Å²) >= 11 is 0. The predicted molar refractivity (Wildman–Crippen MR) is 61.2 cm³/mol. The molecule has 0 radical (unpaired) electrons. The smallest absolute Gasteiger partial charge is 0.418 e. The number of carbonyl (C=O) groups excluding carboxylic acids is 1. The largest absolute Gasteiger partial charge is 0.466 e. The van der Waals surface area contributed by atoms with Crippen molar-refractivity contribution in [1.82, 2.24) is 0 Å². The van der Waals surface area contributed by atoms with Gasteiger partial charge < -0.3 is 10.5 Å². The molecule has 118 valence electrons. The van der Waals surface area contributed by atoms with Gasteiger partial charge in [-0.15, -0.1) is 0 Å². The molecule has 0 atom stereocenters. The van der Waals surface area contributed by atoms with E-state index in [1.807, 2.05) is 0 Å². The van der Waals surface area contributed by atoms with Gasteiger partial charge in [0.25, 0.3) is 0 Å². The van der Waals surface area contributed by atoms with Crippen LogP contribution in [0.3, 0.4) is 0 Å². The molecule has 1 rings (SSSR count). The highest BCUT2D eigenvalue weighted by atomic mass is 19.4. The zero-order chi connectivity index (χ0) is 16.4. The van der Waals surface area contributed by atoms with Gasteiger partial charge in [-0.05, 0) is 24.6 Å². The van der Waals surface area contributed by atoms with Crippen LogP contribution in [0.5, 0.6) is 0 Å². The van der Waals surface area contributed by atoms with E-state index in [-0.39, 0.29) is 18.2 Å². The van der Waals surface area contributed by atoms with Crippen molar-refractivity contribution >= 4 is 11.7 Å². The molecular weight excluding hydrogens is 304 g/mol. The zero-order valence-corrected chi connectivity index (χ0v) is 10.7. The van der Waals surface area contributed by atoms with Crippen LogP contribution in [0.2, 0.25) is 0 Å². The number of nitrogen functional groups attached to an aromatic ring is 1. The molecule has 3 nitrogen and oxygen atoms in total. The quantitative estimate of drug-likeness (QED) is 0.528. The highest BCUT2D eigenvalue weighted by Gasteiger charge is 2.45. The standard InChI is InChI=1S/C12H11F6NO2/c1-2-21-9(20)5-6-3-7(11(13,14)15)10(8(19)4-6)12(16,17)18/h3-4H,2,5,19H2,1H3. The Morgan fingerprint density at radius 2 is 1.71 bits per heavy atom. The lowest BCUT2D eigenvalue weighted by molar-refractivity contribution is -0.161. The maximum atomic E-state index is 12.8. The number of anilines is 1. The first kappa shape index (κ1) is 17.1. The Labute approximate surface area is 115 Å². The molecule has 0 unspecified atom stereocenters. The van der Waals surface area contributed by atoms with Crippen LogP contribution in [-0.2, 0) is 28.3 Å². The first-order valence-electron chi connectivity index (χ1n) is 5.69. The fourth-order valence-corrected chi connectivity index (χ4v) is 1.75. The SMILES string of the molecule is CCOC(=O)Cc1cc(N)c(C(F)(F)F)c(C(F)(F)F)c1. The third-order valence-corrected chi connectivity index (χ3v) is 2.47. The van der Waals surface area contributed by atoms with Crippen molar-refractivity contribution in [3.8, 4) is 0 Å². The van der Waals surface area contributed by atoms with Gasteiger partial charge in [0.1, 0.15) is 0 Å². The highest BCUT2D eigenvalue weighted by molar-refractivity contribution is 5.73. The lowest BCUT2D eigenvalue weighted by Gasteiger charge is -2.18. The molecule has 0 saturated carbocycles. The van der Waals surface area contributed by atoms with Crippen molar-refractivity contribution in [3.63, 3.8) is 0 Å². The second kappa shape index (κ2) is 5.82. The summed E-state index contributed by atoms with van der Waals surface area (Å²) in [7, 11) is 0. The molecule has 0 heterocycles. The number of hydrogen-bond acceptors (Lipinski definition) is 3. The number of hydrogen-bond donors (Lipinski definition) is 1. The van der Waals surface area contributed by atoms with E-state index >= 15 is 0 Å². The molecular formula is C12H11F6NO2. The van der Waals surface area contributed by atoms with Crippen LogP contribution in [0.25, 0.3) is 0 Å². The predicted octanol–water partition coefficient (Wildman–Crippen LogP) is 3.41. The Hall–Kier alpha value is -1.93. The summed E-state index contributed by atoms with van der Waals surface area (Å²) in [4.78, 5) is 11.2. The summed E-state index contributed by atoms with van der Waals surface area (Å²) in [5.74, 6) is -0.857. The number of esters is 1. The fraction of sp³-hybridized carbons (Fsp3) is 0.417. The molecule has 0 fully saturated rings. The van der Waals surface area contributed by atoms with E-state index in [0.717, 1.165) is 0 Å². The van der Waals surface area contributed by atoms with E-state index in [4.69, 9.17) is 5.73 Å². The summed E-state index contributed by atoms with van der Waals surface area (Å²) < 4.78 is 80.8. The van der Waals surface area contributed by atoms with Crippen LogP contribution in [0.1, 0.15) is 23.6 Å². The van der Waals surface area contributed by atoms with Gasteiger partial charge in [0.05, 0.1) is 24.2 Å². The Bertz CT molecular complexity index is 536. The highest BCUT2D eigenvalue weighted by Crippen LogP contribution is 2.43. The Balaban J connectivity index is 3.36. The van der Waals surface area contributed by atoms with Gasteiger partial charge in [0.2, 0.25) is 0 Å². The van der Waals surface area contributed by atoms with Gasteiger partial charge in [-0.2, -0.15) is 26.3 Å². The molecule has 21 heavy (non-hydrogen) atoms. The van der Waals surface area contributed by atoms with Crippen LogP contribution < -0.4 is 5.73 Å². The molecule has 0 bridgehead atoms. The molecule has 0 aliphatic heterocycles. The number of alkyl halides is 6. The lowest BCUT2D eigenvalue weighted by Crippen LogP contribution is -2.20. The second-order valence-corrected chi connectivity index (χ2v) is 4.08.